The van der Waals surface area contributed by atoms with Crippen molar-refractivity contribution in [3.63, 3.8) is 0 Å². The zero-order chi connectivity index (χ0) is 18.4. The van der Waals surface area contributed by atoms with Gasteiger partial charge in [0.15, 0.2) is 23.8 Å². The van der Waals surface area contributed by atoms with Crippen molar-refractivity contribution in [2.45, 2.75) is 13.5 Å². The quantitative estimate of drug-likeness (QED) is 0.465. The number of ether oxygens (including phenoxy) is 1. The van der Waals surface area contributed by atoms with Gasteiger partial charge < -0.3 is 9.26 Å². The first-order valence-corrected chi connectivity index (χ1v) is 8.12. The number of aryl methyl sites for hydroxylation is 2. The predicted molar refractivity (Wildman–Crippen MR) is 91.7 cm³/mol. The van der Waals surface area contributed by atoms with E-state index in [9.17, 15) is 0 Å². The Morgan fingerprint density at radius 2 is 1.96 bits per heavy atom. The lowest BCUT2D eigenvalue weighted by molar-refractivity contribution is 0.278. The Morgan fingerprint density at radius 1 is 1.11 bits per heavy atom. The topological polar surface area (TPSA) is 122 Å². The van der Waals surface area contributed by atoms with E-state index in [-0.39, 0.29) is 6.61 Å². The minimum absolute atomic E-state index is 0.173. The Hall–Kier alpha value is -3.89. The maximum absolute atomic E-state index is 5.92. The molecule has 0 amide bonds. The number of fused-ring (bicyclic) bond motifs is 3. The molecule has 0 atom stereocenters. The van der Waals surface area contributed by atoms with Gasteiger partial charge in [-0.25, -0.2) is 4.68 Å². The summed E-state index contributed by atoms with van der Waals surface area (Å²) < 4.78 is 14.2. The molecule has 4 heterocycles. The first kappa shape index (κ1) is 15.4. The van der Waals surface area contributed by atoms with Gasteiger partial charge in [-0.2, -0.15) is 4.52 Å². The number of benzene rings is 1. The number of hydrogen-bond acceptors (Lipinski definition) is 9. The molecule has 0 aliphatic heterocycles. The highest BCUT2D eigenvalue weighted by atomic mass is 16.5. The van der Waals surface area contributed by atoms with Crippen molar-refractivity contribution in [1.82, 2.24) is 45.2 Å². The highest BCUT2D eigenvalue weighted by Crippen LogP contribution is 2.28. The first-order chi connectivity index (χ1) is 13.2. The van der Waals surface area contributed by atoms with Crippen LogP contribution in [0.2, 0.25) is 0 Å². The van der Waals surface area contributed by atoms with E-state index in [0.29, 0.717) is 34.6 Å². The number of rotatable bonds is 4. The van der Waals surface area contributed by atoms with Crippen molar-refractivity contribution in [2.24, 2.45) is 7.05 Å². The van der Waals surface area contributed by atoms with Crippen LogP contribution in [0.1, 0.15) is 11.6 Å². The van der Waals surface area contributed by atoms with Crippen LogP contribution in [0.3, 0.4) is 0 Å². The Labute approximate surface area is 151 Å². The number of nitrogens with zero attached hydrogens (tertiary/aromatic N) is 9. The molecule has 0 saturated heterocycles. The Morgan fingerprint density at radius 3 is 2.70 bits per heavy atom. The summed E-state index contributed by atoms with van der Waals surface area (Å²) in [6, 6.07) is 9.47. The smallest absolute Gasteiger partial charge is 0.240 e. The minimum atomic E-state index is 0.173. The fourth-order valence-corrected chi connectivity index (χ4v) is 2.79. The Bertz CT molecular complexity index is 1270. The molecule has 0 spiro atoms. The van der Waals surface area contributed by atoms with E-state index in [4.69, 9.17) is 9.26 Å². The maximum atomic E-state index is 5.92. The van der Waals surface area contributed by atoms with Gasteiger partial charge in [-0.15, -0.1) is 20.4 Å². The zero-order valence-corrected chi connectivity index (χ0v) is 14.4. The van der Waals surface area contributed by atoms with Crippen molar-refractivity contribution in [1.29, 1.82) is 0 Å². The molecule has 0 fully saturated rings. The minimum Gasteiger partial charge on any atom is -0.468 e. The fraction of sp³-hybridized carbons (Fsp3) is 0.188. The van der Waals surface area contributed by atoms with Gasteiger partial charge in [0.25, 0.3) is 0 Å². The summed E-state index contributed by atoms with van der Waals surface area (Å²) >= 11 is 0. The van der Waals surface area contributed by atoms with Crippen LogP contribution < -0.4 is 4.74 Å². The summed E-state index contributed by atoms with van der Waals surface area (Å²) in [6.07, 6.45) is 0. The fourth-order valence-electron chi connectivity index (χ4n) is 2.79. The van der Waals surface area contributed by atoms with Crippen molar-refractivity contribution in [3.8, 4) is 17.4 Å². The van der Waals surface area contributed by atoms with Gasteiger partial charge in [-0.1, -0.05) is 23.4 Å². The molecule has 0 radical (unpaired) electrons. The standard InChI is InChI=1S/C16H13N9O2/c1-9-7-12(21-27-9)15-19-18-14-10-5-3-4-6-11(10)16(20-25(14)15)26-8-13-17-22-23-24(13)2/h3-7H,8H2,1-2H3. The molecule has 11 nitrogen and oxygen atoms in total. The van der Waals surface area contributed by atoms with Gasteiger partial charge >= 0.3 is 0 Å². The number of tetrazole rings is 1. The molecule has 4 aromatic heterocycles. The summed E-state index contributed by atoms with van der Waals surface area (Å²) in [5, 5.41) is 30.1. The molecule has 134 valence electrons. The van der Waals surface area contributed by atoms with Crippen LogP contribution in [-0.2, 0) is 13.7 Å². The van der Waals surface area contributed by atoms with Crippen LogP contribution in [0.25, 0.3) is 27.9 Å². The highest BCUT2D eigenvalue weighted by molar-refractivity contribution is 5.96. The molecule has 0 saturated carbocycles. The van der Waals surface area contributed by atoms with E-state index in [1.165, 1.54) is 0 Å². The summed E-state index contributed by atoms with van der Waals surface area (Å²) in [7, 11) is 1.75. The molecule has 5 rings (SSSR count). The average molecular weight is 363 g/mol. The van der Waals surface area contributed by atoms with Crippen LogP contribution in [0, 0.1) is 6.92 Å². The summed E-state index contributed by atoms with van der Waals surface area (Å²) in [5.74, 6) is 2.14. The second kappa shape index (κ2) is 5.83. The van der Waals surface area contributed by atoms with Crippen molar-refractivity contribution in [3.05, 3.63) is 41.9 Å². The van der Waals surface area contributed by atoms with Crippen LogP contribution in [0.4, 0.5) is 0 Å². The van der Waals surface area contributed by atoms with Crippen LogP contribution in [0.5, 0.6) is 5.88 Å². The molecule has 0 aliphatic carbocycles. The van der Waals surface area contributed by atoms with E-state index in [0.717, 1.165) is 10.8 Å². The second-order valence-electron chi connectivity index (χ2n) is 5.94. The van der Waals surface area contributed by atoms with Crippen molar-refractivity contribution >= 4 is 16.4 Å². The van der Waals surface area contributed by atoms with Crippen LogP contribution in [-0.4, -0.2) is 45.2 Å². The lowest BCUT2D eigenvalue weighted by Crippen LogP contribution is -2.07. The highest BCUT2D eigenvalue weighted by Gasteiger charge is 2.18. The second-order valence-corrected chi connectivity index (χ2v) is 5.94. The SMILES string of the molecule is Cc1cc(-c2nnc3c4ccccc4c(OCc4nnnn4C)nn23)no1. The molecule has 27 heavy (non-hydrogen) atoms. The maximum Gasteiger partial charge on any atom is 0.240 e. The van der Waals surface area contributed by atoms with Gasteiger partial charge in [0.2, 0.25) is 11.7 Å². The Kier molecular flexibility index (Phi) is 3.32. The van der Waals surface area contributed by atoms with Gasteiger partial charge in [0, 0.05) is 23.9 Å². The van der Waals surface area contributed by atoms with Gasteiger partial charge in [-0.3, -0.25) is 0 Å². The van der Waals surface area contributed by atoms with E-state index in [1.807, 2.05) is 31.2 Å². The molecule has 0 N–H and O–H groups in total. The molecule has 1 aromatic carbocycles. The summed E-state index contributed by atoms with van der Waals surface area (Å²) in [6.45, 7) is 1.98. The largest absolute Gasteiger partial charge is 0.468 e. The lowest BCUT2D eigenvalue weighted by Gasteiger charge is -2.09. The van der Waals surface area contributed by atoms with E-state index in [2.05, 4.69) is 36.0 Å². The summed E-state index contributed by atoms with van der Waals surface area (Å²) in [5.41, 5.74) is 1.15. The molecular weight excluding hydrogens is 350 g/mol. The molecule has 5 aromatic rings. The van der Waals surface area contributed by atoms with E-state index >= 15 is 0 Å². The van der Waals surface area contributed by atoms with Gasteiger partial charge in [0.05, 0.1) is 0 Å². The summed E-state index contributed by atoms with van der Waals surface area (Å²) in [4.78, 5) is 0. The molecule has 0 bridgehead atoms. The van der Waals surface area contributed by atoms with Crippen molar-refractivity contribution < 1.29 is 9.26 Å². The number of hydrogen-bond donors (Lipinski definition) is 0. The van der Waals surface area contributed by atoms with Crippen LogP contribution in [0.15, 0.2) is 34.9 Å². The van der Waals surface area contributed by atoms with E-state index in [1.54, 1.807) is 22.3 Å². The van der Waals surface area contributed by atoms with Crippen LogP contribution >= 0.6 is 0 Å². The van der Waals surface area contributed by atoms with Gasteiger partial charge in [0.1, 0.15) is 5.76 Å². The normalized spacial score (nSPS) is 11.5. The average Bonchev–Trinajstić information content (AvgIpc) is 3.39. The van der Waals surface area contributed by atoms with E-state index < -0.39 is 0 Å². The lowest BCUT2D eigenvalue weighted by atomic mass is 10.2. The third-order valence-electron chi connectivity index (χ3n) is 4.13. The zero-order valence-electron chi connectivity index (χ0n) is 14.4. The van der Waals surface area contributed by atoms with Crippen molar-refractivity contribution in [2.75, 3.05) is 0 Å². The molecular formula is C16H13N9O2. The Balaban J connectivity index is 1.67. The molecule has 0 unspecified atom stereocenters. The molecule has 11 heteroatoms. The first-order valence-electron chi connectivity index (χ1n) is 8.12. The monoisotopic (exact) mass is 363 g/mol. The molecule has 0 aliphatic rings. The third-order valence-corrected chi connectivity index (χ3v) is 4.13. The predicted octanol–water partition coefficient (Wildman–Crippen LogP) is 1.34. The van der Waals surface area contributed by atoms with Gasteiger partial charge in [-0.05, 0) is 23.4 Å². The third kappa shape index (κ3) is 2.47. The number of aromatic nitrogens is 9.